The van der Waals surface area contributed by atoms with E-state index in [4.69, 9.17) is 14.2 Å². The van der Waals surface area contributed by atoms with Crippen LogP contribution in [0.3, 0.4) is 0 Å². The molecule has 1 aromatic heterocycles. The smallest absolute Gasteiger partial charge is 0.411 e. The Balaban J connectivity index is 1.30. The summed E-state index contributed by atoms with van der Waals surface area (Å²) in [6.45, 7) is -2.64. The zero-order valence-electron chi connectivity index (χ0n) is 18.8. The van der Waals surface area contributed by atoms with Gasteiger partial charge < -0.3 is 24.3 Å². The number of carbonyl (C=O) groups excluding carboxylic acids is 1. The molecular formula is C22H23F6N3O5. The highest BCUT2D eigenvalue weighted by Crippen LogP contribution is 2.27. The maximum absolute atomic E-state index is 12.7. The number of benzene rings is 1. The van der Waals surface area contributed by atoms with Gasteiger partial charge in [-0.15, -0.1) is 0 Å². The van der Waals surface area contributed by atoms with Crippen LogP contribution in [0, 0.1) is 0 Å². The third-order valence-electron chi connectivity index (χ3n) is 5.40. The van der Waals surface area contributed by atoms with Crippen molar-refractivity contribution in [2.45, 2.75) is 50.5 Å². The molecule has 2 aliphatic rings. The molecule has 0 saturated heterocycles. The van der Waals surface area contributed by atoms with Crippen LogP contribution in [0.5, 0.6) is 11.6 Å². The van der Waals surface area contributed by atoms with Crippen LogP contribution in [0.15, 0.2) is 24.3 Å². The van der Waals surface area contributed by atoms with Crippen LogP contribution < -0.4 is 14.8 Å². The zero-order chi connectivity index (χ0) is 25.9. The molecular weight excluding hydrogens is 500 g/mol. The molecule has 14 heteroatoms. The summed E-state index contributed by atoms with van der Waals surface area (Å²) in [6, 6.07) is 5.92. The van der Waals surface area contributed by atoms with E-state index in [2.05, 4.69) is 15.2 Å². The van der Waals surface area contributed by atoms with Gasteiger partial charge in [-0.2, -0.15) is 31.4 Å². The van der Waals surface area contributed by atoms with Gasteiger partial charge in [-0.25, -0.2) is 4.68 Å². The number of rotatable bonds is 8. The zero-order valence-corrected chi connectivity index (χ0v) is 18.8. The van der Waals surface area contributed by atoms with Crippen LogP contribution in [0.4, 0.5) is 26.3 Å². The molecule has 2 aromatic rings. The lowest BCUT2D eigenvalue weighted by Crippen LogP contribution is -2.43. The maximum Gasteiger partial charge on any atom is 0.411 e. The topological polar surface area (TPSA) is 83.8 Å². The Hall–Kier alpha value is -3.00. The van der Waals surface area contributed by atoms with Crippen LogP contribution in [0.2, 0.25) is 0 Å². The van der Waals surface area contributed by atoms with Crippen molar-refractivity contribution in [1.29, 1.82) is 0 Å². The summed E-state index contributed by atoms with van der Waals surface area (Å²) in [6.07, 6.45) is -8.67. The van der Waals surface area contributed by atoms with Crippen LogP contribution >= 0.6 is 0 Å². The number of carbonyl (C=O) groups is 1. The van der Waals surface area contributed by atoms with Crippen molar-refractivity contribution >= 4 is 5.91 Å². The second-order valence-electron chi connectivity index (χ2n) is 8.49. The molecule has 0 fully saturated rings. The Morgan fingerprint density at radius 2 is 1.86 bits per heavy atom. The molecule has 2 aliphatic heterocycles. The number of fused-ring (bicyclic) bond motifs is 2. The summed E-state index contributed by atoms with van der Waals surface area (Å²) in [5.74, 6) is 0.331. The predicted octanol–water partition coefficient (Wildman–Crippen LogP) is 3.43. The lowest BCUT2D eigenvalue weighted by atomic mass is 10.0. The minimum Gasteiger partial charge on any atom is -0.491 e. The molecule has 0 unspecified atom stereocenters. The average Bonchev–Trinajstić information content (AvgIpc) is 3.21. The van der Waals surface area contributed by atoms with E-state index in [1.807, 2.05) is 0 Å². The summed E-state index contributed by atoms with van der Waals surface area (Å²) in [4.78, 5) is 12.7. The highest BCUT2D eigenvalue weighted by molar-refractivity contribution is 5.92. The molecule has 198 valence electrons. The van der Waals surface area contributed by atoms with Crippen molar-refractivity contribution in [1.82, 2.24) is 15.1 Å². The summed E-state index contributed by atoms with van der Waals surface area (Å²) in [5.41, 5.74) is 1.33. The minimum atomic E-state index is -4.42. The molecule has 0 aliphatic carbocycles. The molecule has 0 saturated carbocycles. The Kier molecular flexibility index (Phi) is 7.64. The SMILES string of the molecule is O=C(N[C@H]1COc2ccc(COCC(F)(F)F)cc2C1)c1cc2n(n1)CC[C@@H](COCC(F)(F)F)O2. The fourth-order valence-corrected chi connectivity index (χ4v) is 3.86. The van der Waals surface area contributed by atoms with Gasteiger partial charge in [0, 0.05) is 19.0 Å². The number of amides is 1. The van der Waals surface area contributed by atoms with Crippen molar-refractivity contribution in [3.05, 3.63) is 41.1 Å². The molecule has 0 bridgehead atoms. The fraction of sp³-hybridized carbons (Fsp3) is 0.545. The van der Waals surface area contributed by atoms with Gasteiger partial charge in [0.1, 0.15) is 31.7 Å². The Morgan fingerprint density at radius 3 is 2.61 bits per heavy atom. The quantitative estimate of drug-likeness (QED) is 0.534. The van der Waals surface area contributed by atoms with E-state index in [1.165, 1.54) is 10.7 Å². The van der Waals surface area contributed by atoms with Gasteiger partial charge in [-0.05, 0) is 29.7 Å². The third kappa shape index (κ3) is 7.26. The fourth-order valence-electron chi connectivity index (χ4n) is 3.86. The van der Waals surface area contributed by atoms with Crippen LogP contribution in [0.25, 0.3) is 0 Å². The Labute approximate surface area is 201 Å². The van der Waals surface area contributed by atoms with E-state index < -0.39 is 43.6 Å². The van der Waals surface area contributed by atoms with Crippen molar-refractivity contribution < 1.29 is 50.1 Å². The van der Waals surface area contributed by atoms with E-state index in [0.29, 0.717) is 36.3 Å². The van der Waals surface area contributed by atoms with Gasteiger partial charge in [0.05, 0.1) is 19.3 Å². The maximum atomic E-state index is 12.7. The molecule has 1 aromatic carbocycles. The predicted molar refractivity (Wildman–Crippen MR) is 111 cm³/mol. The number of nitrogens with zero attached hydrogens (tertiary/aromatic N) is 2. The molecule has 8 nitrogen and oxygen atoms in total. The summed E-state index contributed by atoms with van der Waals surface area (Å²) in [7, 11) is 0. The lowest BCUT2D eigenvalue weighted by Gasteiger charge is -2.26. The summed E-state index contributed by atoms with van der Waals surface area (Å²) < 4.78 is 95.7. The highest BCUT2D eigenvalue weighted by Gasteiger charge is 2.30. The second-order valence-corrected chi connectivity index (χ2v) is 8.49. The van der Waals surface area contributed by atoms with Crippen molar-refractivity contribution in [3.8, 4) is 11.6 Å². The van der Waals surface area contributed by atoms with E-state index in [-0.39, 0.29) is 31.4 Å². The number of hydrogen-bond acceptors (Lipinski definition) is 6. The molecule has 0 radical (unpaired) electrons. The van der Waals surface area contributed by atoms with Crippen LogP contribution in [0.1, 0.15) is 28.0 Å². The highest BCUT2D eigenvalue weighted by atomic mass is 19.4. The Bertz CT molecular complexity index is 1070. The molecule has 3 heterocycles. The number of nitrogens with one attached hydrogen (secondary N) is 1. The largest absolute Gasteiger partial charge is 0.491 e. The first kappa shape index (κ1) is 26.1. The standard InChI is InChI=1S/C22H23F6N3O5/c23-21(24,25)11-33-8-13-1-2-18-14(5-13)6-15(9-35-18)29-20(32)17-7-19-31(30-17)4-3-16(36-19)10-34-12-22(26,27)28/h1-2,5,7,15-16H,3-4,6,8-12H2,(H,29,32)/t15-,16+/m1/s1. The third-order valence-corrected chi connectivity index (χ3v) is 5.40. The summed E-state index contributed by atoms with van der Waals surface area (Å²) >= 11 is 0. The molecule has 0 spiro atoms. The van der Waals surface area contributed by atoms with Crippen molar-refractivity contribution in [2.24, 2.45) is 0 Å². The number of aromatic nitrogens is 2. The van der Waals surface area contributed by atoms with E-state index >= 15 is 0 Å². The minimum absolute atomic E-state index is 0.0713. The van der Waals surface area contributed by atoms with E-state index in [1.54, 1.807) is 18.2 Å². The number of alkyl halides is 6. The van der Waals surface area contributed by atoms with Gasteiger partial charge in [0.15, 0.2) is 5.69 Å². The second kappa shape index (κ2) is 10.5. The molecule has 1 N–H and O–H groups in total. The van der Waals surface area contributed by atoms with E-state index in [0.717, 1.165) is 0 Å². The molecule has 1 amide bonds. The number of ether oxygens (including phenoxy) is 4. The van der Waals surface area contributed by atoms with Crippen molar-refractivity contribution in [3.63, 3.8) is 0 Å². The first-order chi connectivity index (χ1) is 16.9. The molecule has 2 atom stereocenters. The average molecular weight is 523 g/mol. The number of aryl methyl sites for hydroxylation is 1. The Morgan fingerprint density at radius 1 is 1.11 bits per heavy atom. The molecule has 36 heavy (non-hydrogen) atoms. The van der Waals surface area contributed by atoms with Gasteiger partial charge in [0.25, 0.3) is 5.91 Å². The van der Waals surface area contributed by atoms with Gasteiger partial charge in [-0.3, -0.25) is 4.79 Å². The van der Waals surface area contributed by atoms with Crippen LogP contribution in [-0.4, -0.2) is 66.6 Å². The summed E-state index contributed by atoms with van der Waals surface area (Å²) in [5, 5.41) is 7.00. The number of hydrogen-bond donors (Lipinski definition) is 1. The first-order valence-corrected chi connectivity index (χ1v) is 11.0. The van der Waals surface area contributed by atoms with Crippen LogP contribution in [-0.2, 0) is 29.0 Å². The molecule has 4 rings (SSSR count). The number of halogens is 6. The normalized spacial score (nSPS) is 19.6. The van der Waals surface area contributed by atoms with E-state index in [9.17, 15) is 31.1 Å². The van der Waals surface area contributed by atoms with Gasteiger partial charge in [0.2, 0.25) is 5.88 Å². The monoisotopic (exact) mass is 523 g/mol. The van der Waals surface area contributed by atoms with Gasteiger partial charge in [-0.1, -0.05) is 6.07 Å². The lowest BCUT2D eigenvalue weighted by molar-refractivity contribution is -0.179. The van der Waals surface area contributed by atoms with Gasteiger partial charge >= 0.3 is 12.4 Å². The van der Waals surface area contributed by atoms with Crippen molar-refractivity contribution in [2.75, 3.05) is 26.4 Å². The first-order valence-electron chi connectivity index (χ1n) is 11.0.